The third kappa shape index (κ3) is 14.4. The van der Waals surface area contributed by atoms with Crippen molar-refractivity contribution in [1.82, 2.24) is 47.9 Å². The molecular formula is C108H126N10O18. The molecule has 4 aromatic heterocycles. The van der Waals surface area contributed by atoms with Gasteiger partial charge in [0.25, 0.3) is 5.56 Å². The summed E-state index contributed by atoms with van der Waals surface area (Å²) in [6, 6.07) is 51.0. The number of aromatic nitrogens is 7. The summed E-state index contributed by atoms with van der Waals surface area (Å²) in [7, 11) is 9.84. The molecule has 136 heavy (non-hydrogen) atoms. The lowest BCUT2D eigenvalue weighted by atomic mass is 9.49. The van der Waals surface area contributed by atoms with Crippen LogP contribution in [0.25, 0.3) is 77.2 Å². The van der Waals surface area contributed by atoms with E-state index in [4.69, 9.17) is 38.4 Å². The number of fused-ring (bicyclic) bond motifs is 22. The molecule has 2 bridgehead atoms. The predicted octanol–water partition coefficient (Wildman–Crippen LogP) is 12.8. The average molecular weight is 1850 g/mol. The Bertz CT molecular complexity index is 6820. The van der Waals surface area contributed by atoms with E-state index in [1.807, 2.05) is 47.0 Å². The van der Waals surface area contributed by atoms with E-state index in [-0.39, 0.29) is 81.9 Å². The number of ether oxygens (including phenoxy) is 5. The normalized spacial score (nSPS) is 31.1. The lowest BCUT2D eigenvalue weighted by Gasteiger charge is -2.60. The van der Waals surface area contributed by atoms with Gasteiger partial charge in [-0.3, -0.25) is 37.7 Å². The van der Waals surface area contributed by atoms with Gasteiger partial charge in [0, 0.05) is 123 Å². The fraction of sp³-hybridized carbons (Fsp3) is 0.491. The van der Waals surface area contributed by atoms with Gasteiger partial charge in [-0.2, -0.15) is 0 Å². The van der Waals surface area contributed by atoms with Crippen LogP contribution in [0.4, 0.5) is 0 Å². The van der Waals surface area contributed by atoms with Gasteiger partial charge >= 0.3 is 5.69 Å². The van der Waals surface area contributed by atoms with Crippen molar-refractivity contribution in [2.45, 2.75) is 214 Å². The second-order valence-corrected chi connectivity index (χ2v) is 40.9. The number of hydrogen-bond donors (Lipinski definition) is 9. The molecule has 21 atom stereocenters. The van der Waals surface area contributed by atoms with Crippen LogP contribution in [-0.4, -0.2) is 229 Å². The Morgan fingerprint density at radius 3 is 2.16 bits per heavy atom. The minimum absolute atomic E-state index is 0.0961. The zero-order valence-electron chi connectivity index (χ0n) is 79.2. The number of Topliss-reactive ketones (excluding diaryl/α,β-unsaturated/α-hetero) is 1. The molecule has 0 amide bonds. The Hall–Kier alpha value is -10.4. The third-order valence-corrected chi connectivity index (χ3v) is 34.1. The fourth-order valence-electron chi connectivity index (χ4n) is 28.2. The van der Waals surface area contributed by atoms with Gasteiger partial charge in [0.15, 0.2) is 40.9 Å². The lowest BCUT2D eigenvalue weighted by Crippen LogP contribution is -2.65. The van der Waals surface area contributed by atoms with Crippen LogP contribution in [0.2, 0.25) is 0 Å². The Balaban J connectivity index is 0.000000102. The summed E-state index contributed by atoms with van der Waals surface area (Å²) in [5.74, 6) is 2.41. The summed E-state index contributed by atoms with van der Waals surface area (Å²) in [6.45, 7) is 14.8. The number of para-hydroxylation sites is 1. The highest BCUT2D eigenvalue weighted by Crippen LogP contribution is 2.70. The van der Waals surface area contributed by atoms with Crippen molar-refractivity contribution in [3.63, 3.8) is 0 Å². The minimum atomic E-state index is -0.893. The summed E-state index contributed by atoms with van der Waals surface area (Å²) in [5, 5.41) is 91.1. The first kappa shape index (κ1) is 92.0. The SMILES string of the molecule is CC1OC(n2cnc3c2c(=O)n(C)c(=O)n3C)C2OC(C)(C)OC2C1O.CCC12CCCN3CCC4(c5ccc(CO)c(OC)c5C(C(C)=O)C4C(O)C1)C32.COOC[C@H]1[C@@H](O)CCC2CN3CCc4c([nH]c5ccccc45)C3C[C@@H]21.COc1ccc2c(c1O)[C@@]13CCN(C)[C@@H](C2)[C@H]1C=C(CO)C(O)C3.OC1c2ccccc2-c2ccccc2-c2nc3c4ccccc4c4ccccc4c3n21. The smallest absolute Gasteiger partial charge is 0.332 e. The maximum atomic E-state index is 13.0. The number of aliphatic hydroxyl groups excluding tert-OH is 7. The van der Waals surface area contributed by atoms with Gasteiger partial charge in [0.05, 0.1) is 94.9 Å². The lowest BCUT2D eigenvalue weighted by molar-refractivity contribution is -0.291. The number of phenols is 1. The topological polar surface area (TPSA) is 349 Å². The van der Waals surface area contributed by atoms with Crippen LogP contribution in [0.1, 0.15) is 168 Å². The van der Waals surface area contributed by atoms with Gasteiger partial charge in [-0.1, -0.05) is 146 Å². The van der Waals surface area contributed by atoms with Crippen molar-refractivity contribution in [2.75, 3.05) is 74.3 Å². The highest BCUT2D eigenvalue weighted by Gasteiger charge is 2.72. The maximum absolute atomic E-state index is 13.0. The number of benzene rings is 8. The number of nitrogens with zero attached hydrogens (tertiary/aromatic N) is 9. The van der Waals surface area contributed by atoms with Crippen LogP contribution >= 0.6 is 0 Å². The molecule has 5 aliphatic carbocycles. The van der Waals surface area contributed by atoms with Gasteiger partial charge in [-0.25, -0.2) is 24.5 Å². The summed E-state index contributed by atoms with van der Waals surface area (Å²) < 4.78 is 34.8. The summed E-state index contributed by atoms with van der Waals surface area (Å²) >= 11 is 0. The van der Waals surface area contributed by atoms with E-state index in [1.54, 1.807) is 60.6 Å². The molecule has 1 spiro atoms. The molecule has 12 aromatic rings. The van der Waals surface area contributed by atoms with Crippen molar-refractivity contribution >= 4 is 60.4 Å². The molecule has 8 aliphatic heterocycles. The number of nitrogens with one attached hydrogen (secondary N) is 1. The second-order valence-electron chi connectivity index (χ2n) is 40.9. The largest absolute Gasteiger partial charge is 0.504 e. The van der Waals surface area contributed by atoms with Crippen LogP contribution in [-0.2, 0) is 73.2 Å². The quantitative estimate of drug-likeness (QED) is 0.0266. The number of imidazole rings is 2. The number of aromatic hydroxyl groups is 1. The first-order valence-corrected chi connectivity index (χ1v) is 48.7. The number of methoxy groups -OCH3 is 2. The number of ketones is 1. The van der Waals surface area contributed by atoms with Gasteiger partial charge in [-0.05, 0) is 205 Å². The van der Waals surface area contributed by atoms with Crippen LogP contribution in [0.5, 0.6) is 17.2 Å². The first-order chi connectivity index (χ1) is 65.7. The Labute approximate surface area is 789 Å². The summed E-state index contributed by atoms with van der Waals surface area (Å²) in [4.78, 5) is 68.8. The highest BCUT2D eigenvalue weighted by molar-refractivity contribution is 6.24. The predicted molar refractivity (Wildman–Crippen MR) is 516 cm³/mol. The number of hydrogen-bond acceptors (Lipinski definition) is 23. The number of carbonyl (C=O) groups is 1. The number of H-pyrrole nitrogens is 1. The van der Waals surface area contributed by atoms with Crippen LogP contribution in [0.3, 0.4) is 0 Å². The van der Waals surface area contributed by atoms with E-state index in [0.717, 1.165) is 174 Å². The number of piperidine rings is 3. The number of likely N-dealkylation sites (N-methyl/N-ethyl adjacent to an activating group) is 1. The van der Waals surface area contributed by atoms with E-state index in [2.05, 4.69) is 148 Å². The van der Waals surface area contributed by atoms with Gasteiger partial charge in [0.1, 0.15) is 35.7 Å². The molecule has 28 nitrogen and oxygen atoms in total. The number of carbonyl (C=O) groups excluding carboxylic acids is 1. The van der Waals surface area contributed by atoms with E-state index < -0.39 is 66.1 Å². The molecule has 2 saturated carbocycles. The molecule has 13 aliphatic rings. The molecular weight excluding hydrogens is 1730 g/mol. The Morgan fingerprint density at radius 1 is 0.713 bits per heavy atom. The minimum Gasteiger partial charge on any atom is -0.504 e. The number of aromatic amines is 1. The van der Waals surface area contributed by atoms with Crippen LogP contribution in [0.15, 0.2) is 173 Å². The van der Waals surface area contributed by atoms with Crippen molar-refractivity contribution in [3.8, 4) is 39.8 Å². The van der Waals surface area contributed by atoms with Crippen molar-refractivity contribution in [3.05, 3.63) is 229 Å². The first-order valence-electron chi connectivity index (χ1n) is 48.7. The molecule has 15 unspecified atom stereocenters. The van der Waals surface area contributed by atoms with Gasteiger partial charge < -0.3 is 74.4 Å². The number of rotatable bonds is 10. The van der Waals surface area contributed by atoms with Crippen LogP contribution < -0.4 is 20.7 Å². The van der Waals surface area contributed by atoms with Crippen LogP contribution in [0, 0.1) is 35.0 Å². The summed E-state index contributed by atoms with van der Waals surface area (Å²) in [5.41, 5.74) is 15.0. The number of aliphatic hydroxyl groups is 7. The Morgan fingerprint density at radius 2 is 1.43 bits per heavy atom. The van der Waals surface area contributed by atoms with Gasteiger partial charge in [-0.15, -0.1) is 0 Å². The molecule has 6 saturated heterocycles. The number of phenolic OH excluding ortho intramolecular Hbond substituents is 1. The van der Waals surface area contributed by atoms with E-state index in [1.165, 1.54) is 62.9 Å². The second kappa shape index (κ2) is 35.5. The molecule has 12 heterocycles. The zero-order valence-corrected chi connectivity index (χ0v) is 79.2. The highest BCUT2D eigenvalue weighted by atomic mass is 17.2. The van der Waals surface area contributed by atoms with Crippen molar-refractivity contribution in [1.29, 1.82) is 0 Å². The number of aryl methyl sites for hydroxylation is 1. The molecule has 25 rings (SSSR count). The van der Waals surface area contributed by atoms with Crippen molar-refractivity contribution < 1.29 is 79.1 Å². The van der Waals surface area contributed by atoms with Crippen molar-refractivity contribution in [2.24, 2.45) is 49.1 Å². The summed E-state index contributed by atoms with van der Waals surface area (Å²) in [6.07, 6.45) is 9.60. The fourth-order valence-corrected chi connectivity index (χ4v) is 28.2. The monoisotopic (exact) mass is 1850 g/mol. The van der Waals surface area contributed by atoms with E-state index >= 15 is 0 Å². The molecule has 28 heteroatoms. The molecule has 9 N–H and O–H groups in total. The zero-order chi connectivity index (χ0) is 94.8. The molecule has 0 radical (unpaired) electrons. The standard InChI is InChI=1S/C28H18N2O.C24H33NO4.C21H28N2O3.C19H25NO4.C16H22N4O6/c31-28-24-16-8-4-12-20(24)19-11-3-7-15-23(19)27-29-25-21-13-5-1-9-17(21)18-10-2-6-14-22(18)26(25)30(27)28;1-4-23-8-5-10-25-11-9-24(22(23)25)16-7-6-15(13-26)21(29-3)19(16)18(14(2)27)20(24)17(28)12-23;1-25-26-12-17-16-10-19-21-15(14-4-2-3-5-18(14)22-21)8-9-23(19)11-13(16)6-7-20(17)24;1-20-6-5-19-9-15(22)12(10-21)7-13(19)14(20)8-11-3-4-16(24-2)18(23)17(11)19;1-7-9(21)10-11(26-16(2,3)25-10)14(24-7)20-6-17-12-8(20)13(22)19(5)15(23)18(12)4/h1-16,28,31H;6-7,17-18,20,22,26,28H,4-5,8-13H2,1-3H3;2-5,13,16-17,19-20,22,24H,6-12H2,1H3;3-4,7,13-15,21-23H,5-6,8-10H2,1-2H3;6-7,9-11,14,21H,1-5H3/t;;13?,16-,17+,19?,20-;13-,14+,15?,19-;/m..01./s1. The molecule has 8 fully saturated rings. The number of likely N-dealkylation sites (tertiary alicyclic amines) is 1. The molecule has 8 aromatic carbocycles. The molecule has 716 valence electrons. The van der Waals surface area contributed by atoms with Gasteiger partial charge in [0.2, 0.25) is 0 Å². The maximum Gasteiger partial charge on any atom is 0.332 e. The average Bonchev–Trinajstić information content (AvgIpc) is 1.49. The third-order valence-electron chi connectivity index (χ3n) is 34.1. The Kier molecular flexibility index (Phi) is 24.0. The van der Waals surface area contributed by atoms with E-state index in [0.29, 0.717) is 60.1 Å². The van der Waals surface area contributed by atoms with E-state index in [9.17, 15) is 55.2 Å².